The predicted octanol–water partition coefficient (Wildman–Crippen LogP) is 2.33. The Hall–Kier alpha value is -1.25. The molecule has 1 aliphatic carbocycles. The highest BCUT2D eigenvalue weighted by molar-refractivity contribution is 5.85. The lowest BCUT2D eigenvalue weighted by molar-refractivity contribution is 0.0675. The van der Waals surface area contributed by atoms with E-state index in [2.05, 4.69) is 13.8 Å². The summed E-state index contributed by atoms with van der Waals surface area (Å²) in [7, 11) is 0. The van der Waals surface area contributed by atoms with E-state index >= 15 is 0 Å². The second-order valence-electron chi connectivity index (χ2n) is 4.50. The maximum absolute atomic E-state index is 11.0. The van der Waals surface area contributed by atoms with Crippen LogP contribution in [0.4, 0.5) is 0 Å². The molecule has 1 aliphatic rings. The van der Waals surface area contributed by atoms with Gasteiger partial charge >= 0.3 is 5.97 Å². The number of rotatable bonds is 3. The minimum Gasteiger partial charge on any atom is -0.477 e. The van der Waals surface area contributed by atoms with Crippen LogP contribution in [-0.2, 0) is 5.54 Å². The van der Waals surface area contributed by atoms with Gasteiger partial charge in [-0.15, -0.1) is 0 Å². The van der Waals surface area contributed by atoms with Gasteiger partial charge < -0.3 is 9.67 Å². The van der Waals surface area contributed by atoms with Crippen molar-refractivity contribution in [3.8, 4) is 0 Å². The zero-order valence-electron chi connectivity index (χ0n) is 8.53. The zero-order chi connectivity index (χ0) is 10.3. The Balaban J connectivity index is 2.39. The molecule has 1 saturated carbocycles. The SMILES string of the molecule is CC(C)(C1CC1)n1cccc1C(=O)O. The van der Waals surface area contributed by atoms with Gasteiger partial charge in [-0.3, -0.25) is 0 Å². The van der Waals surface area contributed by atoms with E-state index in [1.807, 2.05) is 10.8 Å². The fourth-order valence-electron chi connectivity index (χ4n) is 2.04. The molecule has 0 radical (unpaired) electrons. The molecule has 0 bridgehead atoms. The van der Waals surface area contributed by atoms with Crippen molar-refractivity contribution < 1.29 is 9.90 Å². The highest BCUT2D eigenvalue weighted by atomic mass is 16.4. The van der Waals surface area contributed by atoms with Crippen molar-refractivity contribution in [2.45, 2.75) is 32.2 Å². The molecule has 1 N–H and O–H groups in total. The molecular formula is C11H15NO2. The molecular weight excluding hydrogens is 178 g/mol. The smallest absolute Gasteiger partial charge is 0.352 e. The Morgan fingerprint density at radius 1 is 1.57 bits per heavy atom. The van der Waals surface area contributed by atoms with Crippen LogP contribution in [0.15, 0.2) is 18.3 Å². The summed E-state index contributed by atoms with van der Waals surface area (Å²) in [5.74, 6) is -0.211. The fraction of sp³-hybridized carbons (Fsp3) is 0.545. The van der Waals surface area contributed by atoms with E-state index in [0.29, 0.717) is 11.6 Å². The highest BCUT2D eigenvalue weighted by Gasteiger charge is 2.40. The average molecular weight is 193 g/mol. The molecule has 1 heterocycles. The Morgan fingerprint density at radius 3 is 2.71 bits per heavy atom. The third-order valence-corrected chi connectivity index (χ3v) is 3.17. The quantitative estimate of drug-likeness (QED) is 0.800. The van der Waals surface area contributed by atoms with Gasteiger partial charge in [-0.1, -0.05) is 0 Å². The fourth-order valence-corrected chi connectivity index (χ4v) is 2.04. The molecule has 3 nitrogen and oxygen atoms in total. The van der Waals surface area contributed by atoms with Gasteiger partial charge in [0.15, 0.2) is 0 Å². The molecule has 1 fully saturated rings. The van der Waals surface area contributed by atoms with Crippen molar-refractivity contribution in [1.29, 1.82) is 0 Å². The predicted molar refractivity (Wildman–Crippen MR) is 53.4 cm³/mol. The van der Waals surface area contributed by atoms with E-state index in [0.717, 1.165) is 0 Å². The van der Waals surface area contributed by atoms with Crippen molar-refractivity contribution >= 4 is 5.97 Å². The van der Waals surface area contributed by atoms with Gasteiger partial charge in [-0.2, -0.15) is 0 Å². The molecule has 1 aromatic heterocycles. The summed E-state index contributed by atoms with van der Waals surface area (Å²) in [6, 6.07) is 3.46. The average Bonchev–Trinajstić information content (AvgIpc) is 2.82. The number of hydrogen-bond acceptors (Lipinski definition) is 1. The first-order valence-corrected chi connectivity index (χ1v) is 4.94. The molecule has 0 aliphatic heterocycles. The summed E-state index contributed by atoms with van der Waals surface area (Å²) in [5.41, 5.74) is 0.332. The number of nitrogens with zero attached hydrogens (tertiary/aromatic N) is 1. The van der Waals surface area contributed by atoms with Crippen LogP contribution >= 0.6 is 0 Å². The minimum absolute atomic E-state index is 0.0583. The lowest BCUT2D eigenvalue weighted by Crippen LogP contribution is -2.30. The van der Waals surface area contributed by atoms with Gasteiger partial charge in [0.1, 0.15) is 5.69 Å². The standard InChI is InChI=1S/C11H15NO2/c1-11(2,8-5-6-8)12-7-3-4-9(12)10(13)14/h3-4,7-8H,5-6H2,1-2H3,(H,13,14). The summed E-state index contributed by atoms with van der Waals surface area (Å²) < 4.78 is 1.88. The summed E-state index contributed by atoms with van der Waals surface area (Å²) in [6.07, 6.45) is 4.29. The van der Waals surface area contributed by atoms with E-state index < -0.39 is 5.97 Å². The van der Waals surface area contributed by atoms with Crippen LogP contribution in [0, 0.1) is 5.92 Å². The van der Waals surface area contributed by atoms with Gasteiger partial charge in [-0.05, 0) is 44.7 Å². The maximum atomic E-state index is 11.0. The molecule has 0 unspecified atom stereocenters. The Kier molecular flexibility index (Phi) is 1.91. The number of aromatic carboxylic acids is 1. The first-order chi connectivity index (χ1) is 6.53. The number of aromatic nitrogens is 1. The van der Waals surface area contributed by atoms with Gasteiger partial charge in [0.05, 0.1) is 0 Å². The van der Waals surface area contributed by atoms with Crippen molar-refractivity contribution in [3.63, 3.8) is 0 Å². The van der Waals surface area contributed by atoms with Crippen LogP contribution in [0.2, 0.25) is 0 Å². The van der Waals surface area contributed by atoms with Gasteiger partial charge in [0, 0.05) is 11.7 Å². The molecule has 2 rings (SSSR count). The number of hydrogen-bond donors (Lipinski definition) is 1. The van der Waals surface area contributed by atoms with Crippen LogP contribution in [-0.4, -0.2) is 15.6 Å². The molecule has 0 amide bonds. The summed E-state index contributed by atoms with van der Waals surface area (Å²) in [6.45, 7) is 4.22. The number of carbonyl (C=O) groups is 1. The second kappa shape index (κ2) is 2.87. The summed E-state index contributed by atoms with van der Waals surface area (Å²) in [4.78, 5) is 11.0. The van der Waals surface area contributed by atoms with Crippen LogP contribution in [0.5, 0.6) is 0 Å². The third-order valence-electron chi connectivity index (χ3n) is 3.17. The highest BCUT2D eigenvalue weighted by Crippen LogP contribution is 2.44. The topological polar surface area (TPSA) is 42.2 Å². The summed E-state index contributed by atoms with van der Waals surface area (Å²) in [5, 5.41) is 9.00. The first kappa shape index (κ1) is 9.31. The molecule has 0 aromatic carbocycles. The van der Waals surface area contributed by atoms with Crippen LogP contribution in [0.25, 0.3) is 0 Å². The van der Waals surface area contributed by atoms with E-state index in [-0.39, 0.29) is 5.54 Å². The van der Waals surface area contributed by atoms with E-state index in [1.165, 1.54) is 12.8 Å². The lowest BCUT2D eigenvalue weighted by Gasteiger charge is -2.28. The monoisotopic (exact) mass is 193 g/mol. The largest absolute Gasteiger partial charge is 0.477 e. The Labute approximate surface area is 83.4 Å². The van der Waals surface area contributed by atoms with Gasteiger partial charge in [-0.25, -0.2) is 4.79 Å². The third kappa shape index (κ3) is 1.33. The van der Waals surface area contributed by atoms with Crippen molar-refractivity contribution in [2.24, 2.45) is 5.92 Å². The molecule has 0 spiro atoms. The molecule has 76 valence electrons. The lowest BCUT2D eigenvalue weighted by atomic mass is 9.98. The second-order valence-corrected chi connectivity index (χ2v) is 4.50. The summed E-state index contributed by atoms with van der Waals surface area (Å²) >= 11 is 0. The van der Waals surface area contributed by atoms with Crippen LogP contribution < -0.4 is 0 Å². The van der Waals surface area contributed by atoms with E-state index in [4.69, 9.17) is 5.11 Å². The molecule has 0 atom stereocenters. The van der Waals surface area contributed by atoms with Crippen molar-refractivity contribution in [1.82, 2.24) is 4.57 Å². The van der Waals surface area contributed by atoms with Crippen LogP contribution in [0.1, 0.15) is 37.2 Å². The van der Waals surface area contributed by atoms with E-state index in [9.17, 15) is 4.79 Å². The molecule has 0 saturated heterocycles. The van der Waals surface area contributed by atoms with Gasteiger partial charge in [0.25, 0.3) is 0 Å². The van der Waals surface area contributed by atoms with Crippen LogP contribution in [0.3, 0.4) is 0 Å². The van der Waals surface area contributed by atoms with Crippen molar-refractivity contribution in [3.05, 3.63) is 24.0 Å². The number of carboxylic acid groups (broad SMARTS) is 1. The number of carboxylic acids is 1. The van der Waals surface area contributed by atoms with Gasteiger partial charge in [0.2, 0.25) is 0 Å². The molecule has 3 heteroatoms. The molecule has 1 aromatic rings. The Morgan fingerprint density at radius 2 is 2.21 bits per heavy atom. The Bertz CT molecular complexity index is 361. The normalized spacial score (nSPS) is 17.0. The van der Waals surface area contributed by atoms with Crippen molar-refractivity contribution in [2.75, 3.05) is 0 Å². The molecule has 14 heavy (non-hydrogen) atoms. The van der Waals surface area contributed by atoms with E-state index in [1.54, 1.807) is 12.1 Å². The zero-order valence-corrected chi connectivity index (χ0v) is 8.53. The maximum Gasteiger partial charge on any atom is 0.352 e. The minimum atomic E-state index is -0.844. The first-order valence-electron chi connectivity index (χ1n) is 4.94.